The quantitative estimate of drug-likeness (QED) is 0.159. The van der Waals surface area contributed by atoms with Crippen molar-refractivity contribution in [3.63, 3.8) is 0 Å². The van der Waals surface area contributed by atoms with E-state index in [-0.39, 0.29) is 11.9 Å². The van der Waals surface area contributed by atoms with E-state index in [1.807, 2.05) is 62.4 Å². The maximum absolute atomic E-state index is 9.05. The largest absolute Gasteiger partial charge is 0.516 e. The second-order valence-corrected chi connectivity index (χ2v) is 9.59. The minimum absolute atomic E-state index is 0.254. The number of aliphatic hydroxyl groups excluding tert-OH is 1. The Kier molecular flexibility index (Phi) is 9.83. The van der Waals surface area contributed by atoms with Gasteiger partial charge in [-0.05, 0) is 92.1 Å². The Morgan fingerprint density at radius 1 is 0.737 bits per heavy atom. The van der Waals surface area contributed by atoms with Crippen molar-refractivity contribution in [3.8, 4) is 11.5 Å². The third-order valence-corrected chi connectivity index (χ3v) is 6.83. The molecule has 1 atom stereocenters. The molecule has 4 nitrogen and oxygen atoms in total. The Hall–Kier alpha value is -3.76. The van der Waals surface area contributed by atoms with E-state index in [9.17, 15) is 0 Å². The Labute approximate surface area is 226 Å². The number of benzene rings is 3. The highest BCUT2D eigenvalue weighted by Crippen LogP contribution is 2.41. The van der Waals surface area contributed by atoms with Crippen LogP contribution in [-0.4, -0.2) is 18.0 Å². The van der Waals surface area contributed by atoms with Crippen LogP contribution in [0.2, 0.25) is 0 Å². The van der Waals surface area contributed by atoms with Gasteiger partial charge in [-0.2, -0.15) is 0 Å². The van der Waals surface area contributed by atoms with Crippen LogP contribution in [0.15, 0.2) is 91.2 Å². The van der Waals surface area contributed by atoms with Crippen molar-refractivity contribution < 1.29 is 19.3 Å². The molecule has 0 amide bonds. The molecule has 1 fully saturated rings. The Balaban J connectivity index is 1.36. The van der Waals surface area contributed by atoms with Crippen molar-refractivity contribution >= 4 is 18.2 Å². The van der Waals surface area contributed by atoms with E-state index in [0.717, 1.165) is 60.1 Å². The van der Waals surface area contributed by atoms with E-state index >= 15 is 0 Å². The maximum Gasteiger partial charge on any atom is 0.196 e. The fourth-order valence-corrected chi connectivity index (χ4v) is 4.88. The molecule has 0 spiro atoms. The van der Waals surface area contributed by atoms with Crippen molar-refractivity contribution in [1.82, 2.24) is 0 Å². The van der Waals surface area contributed by atoms with E-state index in [1.165, 1.54) is 12.0 Å². The van der Waals surface area contributed by atoms with E-state index in [1.54, 1.807) is 6.08 Å². The molecule has 4 heteroatoms. The summed E-state index contributed by atoms with van der Waals surface area (Å²) >= 11 is 0. The van der Waals surface area contributed by atoms with Crippen LogP contribution in [0.5, 0.6) is 11.5 Å². The van der Waals surface area contributed by atoms with E-state index < -0.39 is 0 Å². The van der Waals surface area contributed by atoms with Gasteiger partial charge in [-0.3, -0.25) is 0 Å². The van der Waals surface area contributed by atoms with Crippen LogP contribution in [0.1, 0.15) is 68.2 Å². The molecule has 1 N–H and O–H groups in total. The average Bonchev–Trinajstić information content (AvgIpc) is 2.94. The van der Waals surface area contributed by atoms with Gasteiger partial charge in [-0.1, -0.05) is 79.3 Å². The average molecular weight is 511 g/mol. The first-order valence-corrected chi connectivity index (χ1v) is 13.5. The van der Waals surface area contributed by atoms with Crippen molar-refractivity contribution in [2.75, 3.05) is 6.61 Å². The van der Waals surface area contributed by atoms with Gasteiger partial charge in [0.1, 0.15) is 17.1 Å². The SMILES string of the molecule is CCOC(C)Oc1ccc(C=CC=Cc2ccc(OC3(c4ccc(C=CO)cc4)CCCCC3)cc2)cc1. The molecule has 38 heavy (non-hydrogen) atoms. The fraction of sp³-hybridized carbons (Fsp3) is 0.294. The Morgan fingerprint density at radius 3 is 1.82 bits per heavy atom. The number of aliphatic hydroxyl groups is 1. The van der Waals surface area contributed by atoms with Crippen molar-refractivity contribution in [2.45, 2.75) is 57.8 Å². The predicted molar refractivity (Wildman–Crippen MR) is 156 cm³/mol. The minimum atomic E-state index is -0.304. The van der Waals surface area contributed by atoms with Gasteiger partial charge in [-0.25, -0.2) is 0 Å². The highest BCUT2D eigenvalue weighted by atomic mass is 16.7. The molecule has 3 aromatic rings. The molecule has 0 aliphatic heterocycles. The third kappa shape index (κ3) is 7.62. The molecule has 1 aliphatic rings. The summed E-state index contributed by atoms with van der Waals surface area (Å²) in [5.41, 5.74) is 4.10. The zero-order valence-electron chi connectivity index (χ0n) is 22.4. The summed E-state index contributed by atoms with van der Waals surface area (Å²) < 4.78 is 17.8. The molecular formula is C34H38O4. The first-order valence-electron chi connectivity index (χ1n) is 13.5. The van der Waals surface area contributed by atoms with Crippen LogP contribution in [0.25, 0.3) is 18.2 Å². The normalized spacial score (nSPS) is 16.3. The molecule has 0 aromatic heterocycles. The molecular weight excluding hydrogens is 472 g/mol. The number of hydrogen-bond acceptors (Lipinski definition) is 4. The monoisotopic (exact) mass is 510 g/mol. The minimum Gasteiger partial charge on any atom is -0.516 e. The number of rotatable bonds is 11. The highest BCUT2D eigenvalue weighted by molar-refractivity contribution is 5.58. The summed E-state index contributed by atoms with van der Waals surface area (Å²) in [6.45, 7) is 4.48. The first kappa shape index (κ1) is 27.3. The van der Waals surface area contributed by atoms with Crippen LogP contribution < -0.4 is 9.47 Å². The van der Waals surface area contributed by atoms with Crippen LogP contribution in [0.4, 0.5) is 0 Å². The molecule has 0 radical (unpaired) electrons. The molecule has 198 valence electrons. The Bertz CT molecular complexity index is 1200. The van der Waals surface area contributed by atoms with Gasteiger partial charge in [0.25, 0.3) is 0 Å². The summed E-state index contributed by atoms with van der Waals surface area (Å²) in [7, 11) is 0. The van der Waals surface area contributed by atoms with Gasteiger partial charge in [0.15, 0.2) is 6.29 Å². The van der Waals surface area contributed by atoms with Crippen molar-refractivity contribution in [2.24, 2.45) is 0 Å². The molecule has 4 rings (SSSR count). The highest BCUT2D eigenvalue weighted by Gasteiger charge is 2.36. The molecule has 1 saturated carbocycles. The number of hydrogen-bond donors (Lipinski definition) is 1. The maximum atomic E-state index is 9.05. The third-order valence-electron chi connectivity index (χ3n) is 6.83. The lowest BCUT2D eigenvalue weighted by molar-refractivity contribution is -0.0613. The zero-order valence-corrected chi connectivity index (χ0v) is 22.4. The summed E-state index contributed by atoms with van der Waals surface area (Å²) in [6, 6.07) is 24.6. The van der Waals surface area contributed by atoms with Gasteiger partial charge in [0, 0.05) is 6.61 Å². The van der Waals surface area contributed by atoms with Crippen molar-refractivity contribution in [1.29, 1.82) is 0 Å². The smallest absolute Gasteiger partial charge is 0.196 e. The summed E-state index contributed by atoms with van der Waals surface area (Å²) in [5.74, 6) is 1.69. The molecule has 0 saturated heterocycles. The van der Waals surface area contributed by atoms with Gasteiger partial charge >= 0.3 is 0 Å². The molecule has 1 unspecified atom stereocenters. The molecule has 0 heterocycles. The second kappa shape index (κ2) is 13.7. The van der Waals surface area contributed by atoms with Crippen LogP contribution in [0.3, 0.4) is 0 Å². The van der Waals surface area contributed by atoms with E-state index in [2.05, 4.69) is 48.6 Å². The topological polar surface area (TPSA) is 47.9 Å². The van der Waals surface area contributed by atoms with Gasteiger partial charge < -0.3 is 19.3 Å². The van der Waals surface area contributed by atoms with Gasteiger partial charge in [-0.15, -0.1) is 0 Å². The summed E-state index contributed by atoms with van der Waals surface area (Å²) in [5, 5.41) is 9.05. The Morgan fingerprint density at radius 2 is 1.26 bits per heavy atom. The van der Waals surface area contributed by atoms with Crippen LogP contribution in [0, 0.1) is 0 Å². The van der Waals surface area contributed by atoms with E-state index in [0.29, 0.717) is 6.61 Å². The fourth-order valence-electron chi connectivity index (χ4n) is 4.88. The lowest BCUT2D eigenvalue weighted by atomic mass is 9.79. The standard InChI is InChI=1S/C34H38O4/c1-3-36-27(2)37-32-19-13-28(14-20-32)9-5-6-10-29-15-21-33(22-16-29)38-34(24-7-4-8-25-34)31-17-11-30(12-18-31)23-26-35/h5-6,9-23,26-27,35H,3-4,7-8,24-25H2,1-2H3. The van der Waals surface area contributed by atoms with Gasteiger partial charge in [0.05, 0.1) is 6.26 Å². The number of ether oxygens (including phenoxy) is 3. The van der Waals surface area contributed by atoms with E-state index in [4.69, 9.17) is 19.3 Å². The molecule has 1 aliphatic carbocycles. The first-order chi connectivity index (χ1) is 18.6. The van der Waals surface area contributed by atoms with Crippen LogP contribution >= 0.6 is 0 Å². The summed E-state index contributed by atoms with van der Waals surface area (Å²) in [4.78, 5) is 0. The second-order valence-electron chi connectivity index (χ2n) is 9.59. The zero-order chi connectivity index (χ0) is 26.6. The van der Waals surface area contributed by atoms with Crippen molar-refractivity contribution in [3.05, 3.63) is 113 Å². The van der Waals surface area contributed by atoms with Crippen LogP contribution in [-0.2, 0) is 10.3 Å². The number of allylic oxidation sites excluding steroid dienone is 2. The molecule has 3 aromatic carbocycles. The molecule has 0 bridgehead atoms. The predicted octanol–water partition coefficient (Wildman–Crippen LogP) is 8.94. The summed E-state index contributed by atoms with van der Waals surface area (Å²) in [6.07, 6.45) is 16.3. The van der Waals surface area contributed by atoms with Gasteiger partial charge in [0.2, 0.25) is 0 Å². The lowest BCUT2D eigenvalue weighted by Crippen LogP contribution is -2.35. The lowest BCUT2D eigenvalue weighted by Gasteiger charge is -2.38.